The zero-order valence-electron chi connectivity index (χ0n) is 16.6. The predicted octanol–water partition coefficient (Wildman–Crippen LogP) is 1.87. The fourth-order valence-electron chi connectivity index (χ4n) is 3.49. The molecule has 2 aliphatic heterocycles. The average molecular weight is 399 g/mol. The molecule has 1 aromatic heterocycles. The Morgan fingerprint density at radius 2 is 1.97 bits per heavy atom. The van der Waals surface area contributed by atoms with E-state index in [-0.39, 0.29) is 24.6 Å². The summed E-state index contributed by atoms with van der Waals surface area (Å²) in [5.74, 6) is 1.42. The van der Waals surface area contributed by atoms with Crippen LogP contribution in [-0.4, -0.2) is 58.1 Å². The van der Waals surface area contributed by atoms with Crippen LogP contribution in [0.5, 0.6) is 11.5 Å². The van der Waals surface area contributed by atoms with Crippen LogP contribution in [0.25, 0.3) is 0 Å². The first-order valence-corrected chi connectivity index (χ1v) is 9.90. The summed E-state index contributed by atoms with van der Waals surface area (Å²) in [5, 5.41) is 11.0. The van der Waals surface area contributed by atoms with Gasteiger partial charge in [0, 0.05) is 25.2 Å². The van der Waals surface area contributed by atoms with Crippen molar-refractivity contribution in [3.63, 3.8) is 0 Å². The number of carbonyl (C=O) groups is 2. The maximum atomic E-state index is 12.8. The number of hydrogen-bond donors (Lipinski definition) is 1. The molecule has 1 N–H and O–H groups in total. The number of piperidine rings is 1. The Morgan fingerprint density at radius 1 is 1.21 bits per heavy atom. The van der Waals surface area contributed by atoms with Crippen LogP contribution in [0.3, 0.4) is 0 Å². The number of nitrogens with one attached hydrogen (secondary N) is 1. The second kappa shape index (κ2) is 8.10. The van der Waals surface area contributed by atoms with Gasteiger partial charge in [0.2, 0.25) is 6.79 Å². The second-order valence-electron chi connectivity index (χ2n) is 7.78. The summed E-state index contributed by atoms with van der Waals surface area (Å²) >= 11 is 0. The summed E-state index contributed by atoms with van der Waals surface area (Å²) in [4.78, 5) is 26.8. The molecule has 0 atom stereocenters. The van der Waals surface area contributed by atoms with Crippen LogP contribution < -0.4 is 14.8 Å². The van der Waals surface area contributed by atoms with Gasteiger partial charge in [-0.3, -0.25) is 9.59 Å². The van der Waals surface area contributed by atoms with Gasteiger partial charge in [-0.25, -0.2) is 4.68 Å². The van der Waals surface area contributed by atoms with Crippen molar-refractivity contribution < 1.29 is 19.1 Å². The molecule has 0 aliphatic carbocycles. The van der Waals surface area contributed by atoms with Crippen LogP contribution in [0.4, 0.5) is 0 Å². The van der Waals surface area contributed by atoms with Crippen molar-refractivity contribution >= 4 is 11.8 Å². The number of benzene rings is 1. The molecule has 1 aromatic carbocycles. The third-order valence-electron chi connectivity index (χ3n) is 5.16. The van der Waals surface area contributed by atoms with Crippen LogP contribution in [-0.2, 0) is 0 Å². The first-order valence-electron chi connectivity index (χ1n) is 9.90. The maximum Gasteiger partial charge on any atom is 0.273 e. The normalized spacial score (nSPS) is 16.3. The van der Waals surface area contributed by atoms with Crippen molar-refractivity contribution in [3.8, 4) is 11.5 Å². The molecule has 0 bridgehead atoms. The molecule has 2 aliphatic rings. The first-order chi connectivity index (χ1) is 14.0. The van der Waals surface area contributed by atoms with E-state index in [0.29, 0.717) is 48.3 Å². The van der Waals surface area contributed by atoms with E-state index in [4.69, 9.17) is 9.47 Å². The number of nitrogens with zero attached hydrogens (tertiary/aromatic N) is 4. The molecule has 29 heavy (non-hydrogen) atoms. The summed E-state index contributed by atoms with van der Waals surface area (Å²) < 4.78 is 12.4. The highest BCUT2D eigenvalue weighted by Crippen LogP contribution is 2.33. The molecule has 2 aromatic rings. The molecule has 9 heteroatoms. The lowest BCUT2D eigenvalue weighted by Crippen LogP contribution is -2.39. The topological polar surface area (TPSA) is 98.6 Å². The third-order valence-corrected chi connectivity index (χ3v) is 5.16. The third kappa shape index (κ3) is 4.18. The van der Waals surface area contributed by atoms with Gasteiger partial charge in [0.25, 0.3) is 11.8 Å². The molecular formula is C20H25N5O4. The number of hydrogen-bond acceptors (Lipinski definition) is 6. The minimum Gasteiger partial charge on any atom is -0.454 e. The largest absolute Gasteiger partial charge is 0.454 e. The lowest BCUT2D eigenvalue weighted by molar-refractivity contribution is 0.0688. The van der Waals surface area contributed by atoms with E-state index < -0.39 is 0 Å². The Bertz CT molecular complexity index is 902. The molecule has 4 rings (SSSR count). The smallest absolute Gasteiger partial charge is 0.273 e. The number of likely N-dealkylation sites (tertiary alicyclic amines) is 1. The van der Waals surface area contributed by atoms with Crippen LogP contribution in [0.15, 0.2) is 24.4 Å². The van der Waals surface area contributed by atoms with E-state index in [1.54, 1.807) is 29.1 Å². The highest BCUT2D eigenvalue weighted by molar-refractivity contribution is 5.95. The fraction of sp³-hybridized carbons (Fsp3) is 0.500. The highest BCUT2D eigenvalue weighted by atomic mass is 16.7. The first kappa shape index (κ1) is 19.2. The molecule has 0 spiro atoms. The van der Waals surface area contributed by atoms with Crippen molar-refractivity contribution in [2.75, 3.05) is 26.4 Å². The summed E-state index contributed by atoms with van der Waals surface area (Å²) in [6, 6.07) is 5.39. The minimum absolute atomic E-state index is 0.0194. The highest BCUT2D eigenvalue weighted by Gasteiger charge is 2.27. The average Bonchev–Trinajstić information content (AvgIpc) is 3.40. The number of carbonyl (C=O) groups excluding carboxylic acids is 2. The molecule has 0 unspecified atom stereocenters. The molecule has 154 valence electrons. The van der Waals surface area contributed by atoms with Crippen molar-refractivity contribution in [1.29, 1.82) is 0 Å². The summed E-state index contributed by atoms with van der Waals surface area (Å²) in [7, 11) is 0. The summed E-state index contributed by atoms with van der Waals surface area (Å²) in [5.41, 5.74) is 0.919. The quantitative estimate of drug-likeness (QED) is 0.824. The Kier molecular flexibility index (Phi) is 5.37. The number of fused-ring (bicyclic) bond motifs is 1. The van der Waals surface area contributed by atoms with Crippen molar-refractivity contribution in [1.82, 2.24) is 25.2 Å². The van der Waals surface area contributed by atoms with Gasteiger partial charge >= 0.3 is 0 Å². The number of ether oxygens (including phenoxy) is 2. The van der Waals surface area contributed by atoms with Crippen molar-refractivity contribution in [2.45, 2.75) is 32.7 Å². The van der Waals surface area contributed by atoms with Gasteiger partial charge < -0.3 is 19.7 Å². The minimum atomic E-state index is -0.208. The SMILES string of the molecule is CC(C)CNC(=O)c1cn(C2CCN(C(=O)c3ccc4c(c3)OCO4)CC2)nn1. The van der Waals surface area contributed by atoms with Gasteiger partial charge in [0.1, 0.15) is 0 Å². The van der Waals surface area contributed by atoms with Gasteiger partial charge in [-0.05, 0) is 37.0 Å². The van der Waals surface area contributed by atoms with E-state index >= 15 is 0 Å². The molecule has 0 radical (unpaired) electrons. The number of rotatable bonds is 5. The van der Waals surface area contributed by atoms with Gasteiger partial charge in [-0.15, -0.1) is 5.10 Å². The Labute approximate surface area is 169 Å². The second-order valence-corrected chi connectivity index (χ2v) is 7.78. The Hall–Kier alpha value is -3.10. The van der Waals surface area contributed by atoms with E-state index in [9.17, 15) is 9.59 Å². The number of amides is 2. The molecule has 2 amide bonds. The van der Waals surface area contributed by atoms with E-state index in [2.05, 4.69) is 15.6 Å². The molecule has 9 nitrogen and oxygen atoms in total. The maximum absolute atomic E-state index is 12.8. The molecule has 0 saturated carbocycles. The zero-order chi connectivity index (χ0) is 20.4. The van der Waals surface area contributed by atoms with Crippen LogP contribution in [0.1, 0.15) is 53.6 Å². The van der Waals surface area contributed by atoms with Crippen molar-refractivity contribution in [3.05, 3.63) is 35.7 Å². The lowest BCUT2D eigenvalue weighted by atomic mass is 10.0. The van der Waals surface area contributed by atoms with Crippen LogP contribution >= 0.6 is 0 Å². The molecule has 3 heterocycles. The molecule has 1 fully saturated rings. The van der Waals surface area contributed by atoms with E-state index in [0.717, 1.165) is 12.8 Å². The number of aromatic nitrogens is 3. The monoisotopic (exact) mass is 399 g/mol. The Balaban J connectivity index is 1.34. The van der Waals surface area contributed by atoms with Gasteiger partial charge in [0.05, 0.1) is 12.2 Å². The molecular weight excluding hydrogens is 374 g/mol. The van der Waals surface area contributed by atoms with Crippen molar-refractivity contribution in [2.24, 2.45) is 5.92 Å². The van der Waals surface area contributed by atoms with Gasteiger partial charge in [0.15, 0.2) is 17.2 Å². The standard InChI is InChI=1S/C20H25N5O4/c1-13(2)10-21-19(26)16-11-25(23-22-16)15-5-7-24(8-6-15)20(27)14-3-4-17-18(9-14)29-12-28-17/h3-4,9,11,13,15H,5-8,10,12H2,1-2H3,(H,21,26). The Morgan fingerprint density at radius 3 is 2.72 bits per heavy atom. The zero-order valence-corrected chi connectivity index (χ0v) is 16.6. The van der Waals surface area contributed by atoms with Gasteiger partial charge in [-0.2, -0.15) is 0 Å². The van der Waals surface area contributed by atoms with E-state index in [1.165, 1.54) is 0 Å². The van der Waals surface area contributed by atoms with Crippen LogP contribution in [0.2, 0.25) is 0 Å². The van der Waals surface area contributed by atoms with Crippen LogP contribution in [0, 0.1) is 5.92 Å². The fourth-order valence-corrected chi connectivity index (χ4v) is 3.49. The van der Waals surface area contributed by atoms with E-state index in [1.807, 2.05) is 18.7 Å². The van der Waals surface area contributed by atoms with Gasteiger partial charge in [-0.1, -0.05) is 19.1 Å². The molecule has 1 saturated heterocycles. The summed E-state index contributed by atoms with van der Waals surface area (Å²) in [6.45, 7) is 6.10. The summed E-state index contributed by atoms with van der Waals surface area (Å²) in [6.07, 6.45) is 3.20. The lowest BCUT2D eigenvalue weighted by Gasteiger charge is -2.31. The predicted molar refractivity (Wildman–Crippen MR) is 104 cm³/mol.